The van der Waals surface area contributed by atoms with Crippen molar-refractivity contribution in [1.29, 1.82) is 0 Å². The maximum Gasteiger partial charge on any atom is 0.246 e. The highest BCUT2D eigenvalue weighted by molar-refractivity contribution is 7.89. The molecule has 1 aromatic heterocycles. The third kappa shape index (κ3) is 3.74. The van der Waals surface area contributed by atoms with E-state index >= 15 is 0 Å². The summed E-state index contributed by atoms with van der Waals surface area (Å²) in [4.78, 5) is 0.0575. The van der Waals surface area contributed by atoms with Crippen molar-refractivity contribution < 1.29 is 17.7 Å². The van der Waals surface area contributed by atoms with Crippen LogP contribution in [0.2, 0.25) is 5.02 Å². The minimum absolute atomic E-state index is 0.0379. The molecule has 0 aliphatic heterocycles. The van der Waals surface area contributed by atoms with E-state index in [1.165, 1.54) is 7.11 Å². The number of hydrogen-bond acceptors (Lipinski definition) is 5. The summed E-state index contributed by atoms with van der Waals surface area (Å²) < 4.78 is 38.0. The summed E-state index contributed by atoms with van der Waals surface area (Å²) in [5.74, 6) is 0.247. The van der Waals surface area contributed by atoms with E-state index in [-0.39, 0.29) is 17.2 Å². The van der Waals surface area contributed by atoms with Crippen LogP contribution in [-0.2, 0) is 20.4 Å². The van der Waals surface area contributed by atoms with Crippen LogP contribution in [0.15, 0.2) is 33.7 Å². The van der Waals surface area contributed by atoms with E-state index < -0.39 is 15.6 Å². The van der Waals surface area contributed by atoms with Gasteiger partial charge >= 0.3 is 0 Å². The molecule has 0 fully saturated rings. The zero-order valence-corrected chi connectivity index (χ0v) is 15.0. The summed E-state index contributed by atoms with van der Waals surface area (Å²) in [6.45, 7) is 4.96. The van der Waals surface area contributed by atoms with Gasteiger partial charge in [-0.1, -0.05) is 28.9 Å². The van der Waals surface area contributed by atoms with Gasteiger partial charge in [-0.05, 0) is 38.5 Å². The molecule has 1 unspecified atom stereocenters. The smallest absolute Gasteiger partial charge is 0.246 e. The fourth-order valence-electron chi connectivity index (χ4n) is 2.27. The molecule has 23 heavy (non-hydrogen) atoms. The second-order valence-electron chi connectivity index (χ2n) is 5.42. The molecule has 0 saturated carbocycles. The quantitative estimate of drug-likeness (QED) is 0.858. The van der Waals surface area contributed by atoms with Crippen molar-refractivity contribution in [3.05, 3.63) is 46.3 Å². The van der Waals surface area contributed by atoms with Gasteiger partial charge in [0.05, 0.1) is 0 Å². The molecule has 1 aromatic carbocycles. The number of halogens is 1. The summed E-state index contributed by atoms with van der Waals surface area (Å²) in [5.41, 5.74) is 0.225. The Morgan fingerprint density at radius 1 is 1.39 bits per heavy atom. The number of sulfonamides is 1. The first-order valence-corrected chi connectivity index (χ1v) is 8.79. The molecule has 126 valence electrons. The molecule has 0 saturated heterocycles. The van der Waals surface area contributed by atoms with E-state index in [0.717, 1.165) is 5.56 Å². The van der Waals surface area contributed by atoms with Gasteiger partial charge in [0.15, 0.2) is 5.76 Å². The molecule has 0 aliphatic carbocycles. The lowest BCUT2D eigenvalue weighted by Crippen LogP contribution is -2.40. The standard InChI is InChI=1S/C15H19ClN2O4S/c1-10-14(11(2)22-18-10)23(19,20)17-9-15(3,21-4)12-6-5-7-13(16)8-12/h5-8,17H,9H2,1-4H3. The Hall–Kier alpha value is -1.41. The summed E-state index contributed by atoms with van der Waals surface area (Å²) in [6, 6.07) is 7.11. The SMILES string of the molecule is COC(C)(CNS(=O)(=O)c1c(C)noc1C)c1cccc(Cl)c1. The highest BCUT2D eigenvalue weighted by atomic mass is 35.5. The summed E-state index contributed by atoms with van der Waals surface area (Å²) in [6.07, 6.45) is 0. The Morgan fingerprint density at radius 3 is 2.61 bits per heavy atom. The maximum absolute atomic E-state index is 12.5. The van der Waals surface area contributed by atoms with Crippen LogP contribution >= 0.6 is 11.6 Å². The average Bonchev–Trinajstić information content (AvgIpc) is 2.84. The molecule has 0 bridgehead atoms. The van der Waals surface area contributed by atoms with Gasteiger partial charge in [0, 0.05) is 18.7 Å². The molecule has 6 nitrogen and oxygen atoms in total. The van der Waals surface area contributed by atoms with Crippen molar-refractivity contribution >= 4 is 21.6 Å². The van der Waals surface area contributed by atoms with Gasteiger partial charge in [-0.25, -0.2) is 13.1 Å². The Morgan fingerprint density at radius 2 is 2.09 bits per heavy atom. The molecule has 1 atom stereocenters. The average molecular weight is 359 g/mol. The van der Waals surface area contributed by atoms with Crippen LogP contribution < -0.4 is 4.72 Å². The topological polar surface area (TPSA) is 81.4 Å². The lowest BCUT2D eigenvalue weighted by Gasteiger charge is -2.29. The minimum Gasteiger partial charge on any atom is -0.372 e. The second kappa shape index (κ2) is 6.60. The molecule has 0 radical (unpaired) electrons. The van der Waals surface area contributed by atoms with E-state index in [4.69, 9.17) is 20.9 Å². The molecule has 0 aliphatic rings. The van der Waals surface area contributed by atoms with Crippen LogP contribution in [0.3, 0.4) is 0 Å². The van der Waals surface area contributed by atoms with E-state index in [0.29, 0.717) is 10.7 Å². The van der Waals surface area contributed by atoms with E-state index in [9.17, 15) is 8.42 Å². The predicted molar refractivity (Wildman–Crippen MR) is 87.0 cm³/mol. The van der Waals surface area contributed by atoms with Crippen LogP contribution in [0, 0.1) is 13.8 Å². The number of benzene rings is 1. The fourth-order valence-corrected chi connectivity index (χ4v) is 3.91. The number of rotatable bonds is 6. The Labute approximate surface area is 140 Å². The van der Waals surface area contributed by atoms with Gasteiger partial charge in [0.2, 0.25) is 10.0 Å². The van der Waals surface area contributed by atoms with Crippen LogP contribution in [-0.4, -0.2) is 27.2 Å². The first-order valence-electron chi connectivity index (χ1n) is 6.93. The monoisotopic (exact) mass is 358 g/mol. The first-order chi connectivity index (χ1) is 10.7. The fraction of sp³-hybridized carbons (Fsp3) is 0.400. The van der Waals surface area contributed by atoms with Crippen LogP contribution in [0.4, 0.5) is 0 Å². The number of hydrogen-bond donors (Lipinski definition) is 1. The molecule has 1 heterocycles. The third-order valence-electron chi connectivity index (χ3n) is 3.72. The molecule has 2 rings (SSSR count). The summed E-state index contributed by atoms with van der Waals surface area (Å²) >= 11 is 6.01. The van der Waals surface area contributed by atoms with Gasteiger partial charge in [0.1, 0.15) is 16.2 Å². The number of nitrogens with zero attached hydrogens (tertiary/aromatic N) is 1. The normalized spacial score (nSPS) is 14.7. The lowest BCUT2D eigenvalue weighted by molar-refractivity contribution is 0.00698. The molecular formula is C15H19ClN2O4S. The number of aryl methyl sites for hydroxylation is 2. The molecule has 8 heteroatoms. The Balaban J connectivity index is 2.27. The molecule has 0 spiro atoms. The van der Waals surface area contributed by atoms with Gasteiger partial charge in [0.25, 0.3) is 0 Å². The van der Waals surface area contributed by atoms with Crippen LogP contribution in [0.1, 0.15) is 23.9 Å². The largest absolute Gasteiger partial charge is 0.372 e. The molecule has 2 aromatic rings. The number of methoxy groups -OCH3 is 1. The zero-order chi connectivity index (χ0) is 17.3. The molecule has 0 amide bonds. The highest BCUT2D eigenvalue weighted by Crippen LogP contribution is 2.27. The number of ether oxygens (including phenoxy) is 1. The van der Waals surface area contributed by atoms with Crippen molar-refractivity contribution in [2.24, 2.45) is 0 Å². The first kappa shape index (κ1) is 17.9. The van der Waals surface area contributed by atoms with Crippen LogP contribution in [0.5, 0.6) is 0 Å². The second-order valence-corrected chi connectivity index (χ2v) is 7.56. The minimum atomic E-state index is -3.76. The maximum atomic E-state index is 12.5. The summed E-state index contributed by atoms with van der Waals surface area (Å²) in [7, 11) is -2.24. The van der Waals surface area contributed by atoms with E-state index in [1.807, 2.05) is 6.07 Å². The van der Waals surface area contributed by atoms with Crippen molar-refractivity contribution in [3.8, 4) is 0 Å². The molecule has 1 N–H and O–H groups in total. The van der Waals surface area contributed by atoms with Crippen LogP contribution in [0.25, 0.3) is 0 Å². The van der Waals surface area contributed by atoms with Crippen molar-refractivity contribution in [1.82, 2.24) is 9.88 Å². The Kier molecular flexibility index (Phi) is 5.15. The van der Waals surface area contributed by atoms with E-state index in [1.54, 1.807) is 39.0 Å². The zero-order valence-electron chi connectivity index (χ0n) is 13.4. The Bertz CT molecular complexity index is 784. The lowest BCUT2D eigenvalue weighted by atomic mass is 9.96. The van der Waals surface area contributed by atoms with Crippen molar-refractivity contribution in [2.45, 2.75) is 31.3 Å². The van der Waals surface area contributed by atoms with Gasteiger partial charge in [-0.2, -0.15) is 0 Å². The summed E-state index contributed by atoms with van der Waals surface area (Å²) in [5, 5.41) is 4.23. The highest BCUT2D eigenvalue weighted by Gasteiger charge is 2.31. The van der Waals surface area contributed by atoms with E-state index in [2.05, 4.69) is 9.88 Å². The van der Waals surface area contributed by atoms with Crippen molar-refractivity contribution in [3.63, 3.8) is 0 Å². The van der Waals surface area contributed by atoms with Crippen molar-refractivity contribution in [2.75, 3.05) is 13.7 Å². The molecular weight excluding hydrogens is 340 g/mol. The third-order valence-corrected chi connectivity index (χ3v) is 5.60. The van der Waals surface area contributed by atoms with Gasteiger partial charge in [-0.3, -0.25) is 0 Å². The predicted octanol–water partition coefficient (Wildman–Crippen LogP) is 2.78. The number of aromatic nitrogens is 1. The van der Waals surface area contributed by atoms with Gasteiger partial charge < -0.3 is 9.26 Å². The number of nitrogens with one attached hydrogen (secondary N) is 1. The van der Waals surface area contributed by atoms with Gasteiger partial charge in [-0.15, -0.1) is 0 Å².